The molecule has 0 saturated carbocycles. The van der Waals surface area contributed by atoms with Crippen molar-refractivity contribution in [3.05, 3.63) is 63.3 Å². The van der Waals surface area contributed by atoms with Crippen LogP contribution in [0.25, 0.3) is 0 Å². The lowest BCUT2D eigenvalue weighted by Crippen LogP contribution is -2.42. The normalized spacial score (nSPS) is 28.4. The molecule has 0 aromatic heterocycles. The molecule has 1 aromatic rings. The molecule has 0 spiro atoms. The van der Waals surface area contributed by atoms with E-state index in [1.165, 1.54) is 6.08 Å². The van der Waals surface area contributed by atoms with Crippen LogP contribution in [-0.4, -0.2) is 39.4 Å². The standard InChI is InChI=1S/C26H24N2O6/c1-10-6-13(7-11(2)22(10)30)19-14-4-5-15-20(25(33)28(24(15)32)26(27)34)16(14)9-17-18(29)8-12(3)23(31)21(17)19/h4,6-8,15-16,19-20,30H,5,9H2,1-3H3,(H2,27,34). The predicted octanol–water partition coefficient (Wildman–Crippen LogP) is 2.52. The number of likely N-dealkylation sites (tertiary alicyclic amines) is 1. The first-order chi connectivity index (χ1) is 16.0. The minimum Gasteiger partial charge on any atom is -0.507 e. The summed E-state index contributed by atoms with van der Waals surface area (Å²) in [6.45, 7) is 5.13. The van der Waals surface area contributed by atoms with Crippen LogP contribution in [0.4, 0.5) is 4.79 Å². The lowest BCUT2D eigenvalue weighted by atomic mass is 9.59. The predicted molar refractivity (Wildman–Crippen MR) is 120 cm³/mol. The molecule has 8 nitrogen and oxygen atoms in total. The van der Waals surface area contributed by atoms with Gasteiger partial charge in [-0.1, -0.05) is 23.8 Å². The Bertz CT molecular complexity index is 1310. The average molecular weight is 460 g/mol. The van der Waals surface area contributed by atoms with Crippen LogP contribution in [0, 0.1) is 31.6 Å². The van der Waals surface area contributed by atoms with Gasteiger partial charge >= 0.3 is 6.03 Å². The minimum atomic E-state index is -1.11. The van der Waals surface area contributed by atoms with Crippen LogP contribution in [0.3, 0.4) is 0 Å². The number of amides is 4. The van der Waals surface area contributed by atoms with Crippen LogP contribution in [-0.2, 0) is 19.2 Å². The van der Waals surface area contributed by atoms with E-state index in [1.54, 1.807) is 32.9 Å². The van der Waals surface area contributed by atoms with Crippen LogP contribution in [0.15, 0.2) is 46.6 Å². The Morgan fingerprint density at radius 1 is 1.03 bits per heavy atom. The Labute approximate surface area is 195 Å². The number of benzene rings is 1. The number of allylic oxidation sites excluding steroid dienone is 6. The number of aryl methyl sites for hydroxylation is 2. The van der Waals surface area contributed by atoms with Crippen molar-refractivity contribution >= 4 is 29.4 Å². The van der Waals surface area contributed by atoms with Gasteiger partial charge in [0.1, 0.15) is 5.75 Å². The number of phenols is 1. The highest BCUT2D eigenvalue weighted by Crippen LogP contribution is 2.55. The average Bonchev–Trinajstić information content (AvgIpc) is 3.04. The van der Waals surface area contributed by atoms with E-state index < -0.39 is 41.5 Å². The second-order valence-corrected chi connectivity index (χ2v) is 9.58. The van der Waals surface area contributed by atoms with Crippen molar-refractivity contribution in [2.24, 2.45) is 23.5 Å². The summed E-state index contributed by atoms with van der Waals surface area (Å²) in [5, 5.41) is 10.3. The molecule has 1 aliphatic heterocycles. The van der Waals surface area contributed by atoms with Crippen LogP contribution >= 0.6 is 0 Å². The number of aromatic hydroxyl groups is 1. The molecule has 1 aromatic carbocycles. The number of carbonyl (C=O) groups is 5. The number of urea groups is 1. The maximum Gasteiger partial charge on any atom is 0.328 e. The number of hydrogen-bond acceptors (Lipinski definition) is 6. The molecule has 3 aliphatic carbocycles. The van der Waals surface area contributed by atoms with Crippen LogP contribution in [0.5, 0.6) is 5.75 Å². The number of primary amides is 1. The topological polar surface area (TPSA) is 135 Å². The highest BCUT2D eigenvalue weighted by Gasteiger charge is 2.57. The summed E-state index contributed by atoms with van der Waals surface area (Å²) in [5.74, 6) is -4.31. The summed E-state index contributed by atoms with van der Waals surface area (Å²) in [7, 11) is 0. The molecule has 34 heavy (non-hydrogen) atoms. The number of Topliss-reactive ketones (excluding diaryl/α,β-unsaturated/α-hetero) is 1. The molecule has 4 amide bonds. The highest BCUT2D eigenvalue weighted by atomic mass is 16.3. The van der Waals surface area contributed by atoms with Crippen molar-refractivity contribution < 1.29 is 29.1 Å². The second-order valence-electron chi connectivity index (χ2n) is 9.58. The van der Waals surface area contributed by atoms with Gasteiger partial charge < -0.3 is 10.8 Å². The van der Waals surface area contributed by atoms with E-state index in [0.717, 1.165) is 11.1 Å². The monoisotopic (exact) mass is 460 g/mol. The van der Waals surface area contributed by atoms with Gasteiger partial charge in [-0.15, -0.1) is 0 Å². The van der Waals surface area contributed by atoms with E-state index in [9.17, 15) is 29.1 Å². The van der Waals surface area contributed by atoms with E-state index >= 15 is 0 Å². The molecule has 0 radical (unpaired) electrons. The molecule has 1 fully saturated rings. The summed E-state index contributed by atoms with van der Waals surface area (Å²) in [6, 6.07) is 2.47. The van der Waals surface area contributed by atoms with Gasteiger partial charge in [-0.05, 0) is 62.3 Å². The lowest BCUT2D eigenvalue weighted by molar-refractivity contribution is -0.136. The molecule has 5 rings (SSSR count). The smallest absolute Gasteiger partial charge is 0.328 e. The number of phenolic OH excluding ortho intramolecular Hbond substituents is 1. The Balaban J connectivity index is 1.72. The molecule has 4 unspecified atom stereocenters. The summed E-state index contributed by atoms with van der Waals surface area (Å²) in [4.78, 5) is 64.7. The number of nitrogens with two attached hydrogens (primary N) is 1. The summed E-state index contributed by atoms with van der Waals surface area (Å²) in [6.07, 6.45) is 3.56. The van der Waals surface area contributed by atoms with Gasteiger partial charge in [0.15, 0.2) is 11.6 Å². The molecule has 0 bridgehead atoms. The van der Waals surface area contributed by atoms with Gasteiger partial charge in [-0.3, -0.25) is 19.2 Å². The molecule has 1 heterocycles. The van der Waals surface area contributed by atoms with Gasteiger partial charge in [0.25, 0.3) is 0 Å². The van der Waals surface area contributed by atoms with Gasteiger partial charge in [0.2, 0.25) is 11.8 Å². The summed E-state index contributed by atoms with van der Waals surface area (Å²) in [5.41, 5.74) is 9.16. The Kier molecular flexibility index (Phi) is 4.76. The van der Waals surface area contributed by atoms with Crippen LogP contribution in [0.2, 0.25) is 0 Å². The van der Waals surface area contributed by atoms with E-state index in [2.05, 4.69) is 0 Å². The molecule has 8 heteroatoms. The number of carbonyl (C=O) groups excluding carboxylic acids is 5. The molecule has 4 aliphatic rings. The van der Waals surface area contributed by atoms with Crippen molar-refractivity contribution in [2.45, 2.75) is 39.5 Å². The van der Waals surface area contributed by atoms with Gasteiger partial charge in [0, 0.05) is 22.6 Å². The fraction of sp³-hybridized carbons (Fsp3) is 0.346. The third-order valence-corrected chi connectivity index (χ3v) is 7.63. The van der Waals surface area contributed by atoms with E-state index in [-0.39, 0.29) is 30.2 Å². The second kappa shape index (κ2) is 7.35. The lowest BCUT2D eigenvalue weighted by Gasteiger charge is -2.42. The first-order valence-corrected chi connectivity index (χ1v) is 11.2. The molecule has 3 N–H and O–H groups in total. The molecule has 4 atom stereocenters. The van der Waals surface area contributed by atoms with Crippen molar-refractivity contribution in [2.75, 3.05) is 0 Å². The summed E-state index contributed by atoms with van der Waals surface area (Å²) >= 11 is 0. The van der Waals surface area contributed by atoms with Crippen molar-refractivity contribution in [1.29, 1.82) is 0 Å². The first-order valence-electron chi connectivity index (χ1n) is 11.2. The quantitative estimate of drug-likeness (QED) is 0.376. The zero-order valence-corrected chi connectivity index (χ0v) is 19.0. The third kappa shape index (κ3) is 2.87. The van der Waals surface area contributed by atoms with E-state index in [4.69, 9.17) is 5.73 Å². The number of ketones is 2. The fourth-order valence-electron chi connectivity index (χ4n) is 6.11. The minimum absolute atomic E-state index is 0.134. The fourth-order valence-corrected chi connectivity index (χ4v) is 6.11. The van der Waals surface area contributed by atoms with Gasteiger partial charge in [-0.2, -0.15) is 4.90 Å². The summed E-state index contributed by atoms with van der Waals surface area (Å²) < 4.78 is 0. The van der Waals surface area contributed by atoms with Crippen LogP contribution in [0.1, 0.15) is 42.4 Å². The van der Waals surface area contributed by atoms with E-state index in [1.807, 2.05) is 6.08 Å². The van der Waals surface area contributed by atoms with Gasteiger partial charge in [0.05, 0.1) is 11.8 Å². The molecular weight excluding hydrogens is 436 g/mol. The highest BCUT2D eigenvalue weighted by molar-refractivity contribution is 6.24. The van der Waals surface area contributed by atoms with E-state index in [0.29, 0.717) is 32.7 Å². The number of nitrogens with zero attached hydrogens (tertiary/aromatic N) is 1. The largest absolute Gasteiger partial charge is 0.507 e. The molecular formula is C26H24N2O6. The zero-order chi connectivity index (χ0) is 24.6. The van der Waals surface area contributed by atoms with Crippen LogP contribution < -0.4 is 5.73 Å². The molecule has 1 saturated heterocycles. The van der Waals surface area contributed by atoms with Gasteiger partial charge in [-0.25, -0.2) is 4.79 Å². The van der Waals surface area contributed by atoms with Crippen molar-refractivity contribution in [3.8, 4) is 5.75 Å². The Morgan fingerprint density at radius 2 is 1.68 bits per heavy atom. The zero-order valence-electron chi connectivity index (χ0n) is 19.0. The van der Waals surface area contributed by atoms with Crippen molar-refractivity contribution in [3.63, 3.8) is 0 Å². The number of imide groups is 3. The first kappa shape index (κ1) is 22.0. The van der Waals surface area contributed by atoms with Crippen molar-refractivity contribution in [1.82, 2.24) is 4.90 Å². The number of rotatable bonds is 1. The SMILES string of the molecule is CC1=CC(=O)C2=C(C1=O)C(c1cc(C)c(O)c(C)c1)C1=CCC3C(=O)N(C(N)=O)C(=O)C3C1C2. The third-order valence-electron chi connectivity index (χ3n) is 7.63. The maximum absolute atomic E-state index is 13.3. The number of fused-ring (bicyclic) bond motifs is 3. The molecule has 174 valence electrons. The maximum atomic E-state index is 13.3. The number of hydrogen-bond donors (Lipinski definition) is 2. The Hall–Kier alpha value is -3.81. The Morgan fingerprint density at radius 3 is 2.29 bits per heavy atom.